The van der Waals surface area contributed by atoms with Gasteiger partial charge in [-0.15, -0.1) is 0 Å². The van der Waals surface area contributed by atoms with Gasteiger partial charge < -0.3 is 20.7 Å². The van der Waals surface area contributed by atoms with Crippen LogP contribution in [0.4, 0.5) is 29.0 Å². The van der Waals surface area contributed by atoms with Gasteiger partial charge >= 0.3 is 5.69 Å². The summed E-state index contributed by atoms with van der Waals surface area (Å²) in [7, 11) is 1.59. The number of methoxy groups -OCH3 is 1. The number of benzene rings is 1. The van der Waals surface area contributed by atoms with Crippen LogP contribution in [0.2, 0.25) is 0 Å². The van der Waals surface area contributed by atoms with Gasteiger partial charge in [0.25, 0.3) is 0 Å². The largest absolute Gasteiger partial charge is 0.497 e. The molecule has 2 atom stereocenters. The van der Waals surface area contributed by atoms with Crippen molar-refractivity contribution in [2.24, 2.45) is 11.8 Å². The van der Waals surface area contributed by atoms with E-state index in [1.54, 1.807) is 19.2 Å². The maximum atomic E-state index is 11.6. The molecule has 0 unspecified atom stereocenters. The van der Waals surface area contributed by atoms with Crippen molar-refractivity contribution in [2.45, 2.75) is 20.3 Å². The highest BCUT2D eigenvalue weighted by atomic mass is 16.6. The van der Waals surface area contributed by atoms with Crippen molar-refractivity contribution in [2.75, 3.05) is 36.1 Å². The highest BCUT2D eigenvalue weighted by Gasteiger charge is 2.31. The lowest BCUT2D eigenvalue weighted by Gasteiger charge is -2.35. The van der Waals surface area contributed by atoms with Crippen LogP contribution in [0.5, 0.6) is 5.75 Å². The summed E-state index contributed by atoms with van der Waals surface area (Å²) >= 11 is 0. The minimum Gasteiger partial charge on any atom is -0.497 e. The first-order valence-corrected chi connectivity index (χ1v) is 8.85. The second-order valence-corrected chi connectivity index (χ2v) is 7.07. The Balaban J connectivity index is 1.96. The highest BCUT2D eigenvalue weighted by Crippen LogP contribution is 2.36. The molecule has 2 aromatic rings. The molecule has 3 rings (SSSR count). The molecule has 0 aliphatic carbocycles. The van der Waals surface area contributed by atoms with Crippen LogP contribution in [0, 0.1) is 22.0 Å². The molecule has 0 spiro atoms. The third-order valence-electron chi connectivity index (χ3n) is 4.59. The van der Waals surface area contributed by atoms with E-state index in [1.807, 2.05) is 17.0 Å². The fourth-order valence-electron chi connectivity index (χ4n) is 3.55. The zero-order chi connectivity index (χ0) is 19.6. The minimum absolute atomic E-state index is 0.146. The van der Waals surface area contributed by atoms with Crippen LogP contribution in [0.25, 0.3) is 0 Å². The van der Waals surface area contributed by atoms with Crippen molar-refractivity contribution in [1.82, 2.24) is 9.97 Å². The van der Waals surface area contributed by atoms with Crippen molar-refractivity contribution < 1.29 is 9.66 Å². The van der Waals surface area contributed by atoms with E-state index in [0.29, 0.717) is 24.9 Å². The molecule has 27 heavy (non-hydrogen) atoms. The van der Waals surface area contributed by atoms with Crippen LogP contribution in [0.3, 0.4) is 0 Å². The average Bonchev–Trinajstić information content (AvgIpc) is 2.60. The second-order valence-electron chi connectivity index (χ2n) is 7.07. The average molecular weight is 372 g/mol. The summed E-state index contributed by atoms with van der Waals surface area (Å²) in [6.07, 6.45) is 1.09. The Morgan fingerprint density at radius 2 is 1.85 bits per heavy atom. The number of nitrogens with one attached hydrogen (secondary N) is 1. The molecule has 9 nitrogen and oxygen atoms in total. The molecule has 144 valence electrons. The highest BCUT2D eigenvalue weighted by molar-refractivity contribution is 5.72. The van der Waals surface area contributed by atoms with Crippen LogP contribution in [-0.4, -0.2) is 35.1 Å². The van der Waals surface area contributed by atoms with Crippen LogP contribution in [0.15, 0.2) is 24.3 Å². The standard InChI is InChI=1S/C18H24N6O3/c1-11-8-12(2)10-23(9-11)17-15(24(25)26)16(19)21-18(22-17)20-13-4-6-14(27-3)7-5-13/h4-7,11-12H,8-10H2,1-3H3,(H3,19,20,21,22)/t11-,12+. The van der Waals surface area contributed by atoms with Crippen molar-refractivity contribution in [3.05, 3.63) is 34.4 Å². The number of aromatic nitrogens is 2. The van der Waals surface area contributed by atoms with E-state index in [1.165, 1.54) is 0 Å². The molecule has 0 radical (unpaired) electrons. The van der Waals surface area contributed by atoms with E-state index >= 15 is 0 Å². The number of nitrogens with zero attached hydrogens (tertiary/aromatic N) is 4. The minimum atomic E-state index is -0.508. The Hall–Kier alpha value is -3.10. The quantitative estimate of drug-likeness (QED) is 0.606. The predicted molar refractivity (Wildman–Crippen MR) is 105 cm³/mol. The molecular formula is C18H24N6O3. The molecule has 2 heterocycles. The van der Waals surface area contributed by atoms with E-state index in [0.717, 1.165) is 17.9 Å². The number of nitro groups is 1. The predicted octanol–water partition coefficient (Wildman–Crippen LogP) is 3.20. The first-order valence-electron chi connectivity index (χ1n) is 8.85. The van der Waals surface area contributed by atoms with Gasteiger partial charge in [-0.25, -0.2) is 0 Å². The molecule has 1 saturated heterocycles. The Kier molecular flexibility index (Phi) is 5.29. The lowest BCUT2D eigenvalue weighted by atomic mass is 9.92. The summed E-state index contributed by atoms with van der Waals surface area (Å²) in [5, 5.41) is 14.6. The number of ether oxygens (including phenoxy) is 1. The van der Waals surface area contributed by atoms with E-state index in [2.05, 4.69) is 29.1 Å². The molecule has 1 aliphatic heterocycles. The molecule has 1 aromatic carbocycles. The third kappa shape index (κ3) is 4.18. The first-order chi connectivity index (χ1) is 12.9. The number of anilines is 4. The summed E-state index contributed by atoms with van der Waals surface area (Å²) in [6, 6.07) is 7.22. The zero-order valence-corrected chi connectivity index (χ0v) is 15.7. The van der Waals surface area contributed by atoms with Crippen LogP contribution in [-0.2, 0) is 0 Å². The van der Waals surface area contributed by atoms with Gasteiger partial charge in [0.05, 0.1) is 12.0 Å². The molecule has 0 bridgehead atoms. The topological polar surface area (TPSA) is 119 Å². The first kappa shape index (κ1) is 18.7. The Morgan fingerprint density at radius 3 is 2.41 bits per heavy atom. The van der Waals surface area contributed by atoms with Gasteiger partial charge in [0.15, 0.2) is 0 Å². The Morgan fingerprint density at radius 1 is 1.22 bits per heavy atom. The van der Waals surface area contributed by atoms with E-state index < -0.39 is 4.92 Å². The molecule has 1 aliphatic rings. The SMILES string of the molecule is COc1ccc(Nc2nc(N)c([N+](=O)[O-])c(N3C[C@H](C)C[C@H](C)C3)n2)cc1. The maximum absolute atomic E-state index is 11.6. The van der Waals surface area contributed by atoms with E-state index in [-0.39, 0.29) is 23.3 Å². The molecule has 0 amide bonds. The van der Waals surface area contributed by atoms with E-state index in [9.17, 15) is 10.1 Å². The third-order valence-corrected chi connectivity index (χ3v) is 4.59. The molecule has 3 N–H and O–H groups in total. The number of nitrogens with two attached hydrogens (primary N) is 1. The maximum Gasteiger partial charge on any atom is 0.353 e. The van der Waals surface area contributed by atoms with Gasteiger partial charge in [-0.2, -0.15) is 9.97 Å². The molecule has 1 fully saturated rings. The van der Waals surface area contributed by atoms with Gasteiger partial charge in [-0.1, -0.05) is 13.8 Å². The molecular weight excluding hydrogens is 348 g/mol. The van der Waals surface area contributed by atoms with Crippen LogP contribution < -0.4 is 20.7 Å². The van der Waals surface area contributed by atoms with E-state index in [4.69, 9.17) is 10.5 Å². The summed E-state index contributed by atoms with van der Waals surface area (Å²) in [6.45, 7) is 5.67. The lowest BCUT2D eigenvalue weighted by molar-refractivity contribution is -0.383. The number of rotatable bonds is 5. The number of hydrogen-bond acceptors (Lipinski definition) is 8. The molecule has 0 saturated carbocycles. The monoisotopic (exact) mass is 372 g/mol. The smallest absolute Gasteiger partial charge is 0.353 e. The van der Waals surface area contributed by atoms with Crippen LogP contribution >= 0.6 is 0 Å². The summed E-state index contributed by atoms with van der Waals surface area (Å²) in [5.41, 5.74) is 6.41. The summed E-state index contributed by atoms with van der Waals surface area (Å²) < 4.78 is 5.14. The number of hydrogen-bond donors (Lipinski definition) is 2. The van der Waals surface area contributed by atoms with Gasteiger partial charge in [-0.05, 0) is 42.5 Å². The summed E-state index contributed by atoms with van der Waals surface area (Å²) in [5.74, 6) is 1.91. The van der Waals surface area contributed by atoms with Gasteiger partial charge in [0.2, 0.25) is 17.6 Å². The van der Waals surface area contributed by atoms with Crippen molar-refractivity contribution in [3.8, 4) is 5.75 Å². The normalized spacial score (nSPS) is 19.6. The molecule has 1 aromatic heterocycles. The van der Waals surface area contributed by atoms with Crippen molar-refractivity contribution >= 4 is 29.0 Å². The van der Waals surface area contributed by atoms with Crippen LogP contribution in [0.1, 0.15) is 20.3 Å². The lowest BCUT2D eigenvalue weighted by Crippen LogP contribution is -2.39. The zero-order valence-electron chi connectivity index (χ0n) is 15.7. The number of piperidine rings is 1. The van der Waals surface area contributed by atoms with Crippen molar-refractivity contribution in [1.29, 1.82) is 0 Å². The fourth-order valence-corrected chi connectivity index (χ4v) is 3.55. The van der Waals surface area contributed by atoms with Gasteiger partial charge in [0, 0.05) is 18.8 Å². The second kappa shape index (κ2) is 7.65. The van der Waals surface area contributed by atoms with Gasteiger partial charge in [0.1, 0.15) is 5.75 Å². The fraction of sp³-hybridized carbons (Fsp3) is 0.444. The Labute approximate surface area is 157 Å². The number of nitrogen functional groups attached to an aromatic ring is 1. The Bertz CT molecular complexity index is 817. The van der Waals surface area contributed by atoms with Gasteiger partial charge in [-0.3, -0.25) is 10.1 Å². The summed E-state index contributed by atoms with van der Waals surface area (Å²) in [4.78, 5) is 21.5. The molecule has 9 heteroatoms. The van der Waals surface area contributed by atoms with Crippen molar-refractivity contribution in [3.63, 3.8) is 0 Å².